The van der Waals surface area contributed by atoms with Crippen molar-refractivity contribution in [2.75, 3.05) is 13.2 Å². The summed E-state index contributed by atoms with van der Waals surface area (Å²) in [6, 6.07) is 12.7. The number of fused-ring (bicyclic) bond motifs is 1. The van der Waals surface area contributed by atoms with Crippen LogP contribution in [0, 0.1) is 11.6 Å². The largest absolute Gasteiger partial charge is 0.440 e. The molecule has 1 amide bonds. The highest BCUT2D eigenvalue weighted by atomic mass is 35.5. The van der Waals surface area contributed by atoms with Crippen molar-refractivity contribution in [2.45, 2.75) is 31.8 Å². The molecule has 0 spiro atoms. The van der Waals surface area contributed by atoms with Gasteiger partial charge in [-0.15, -0.1) is 0 Å². The van der Waals surface area contributed by atoms with E-state index in [1.54, 1.807) is 12.1 Å². The number of amides is 1. The second-order valence-electron chi connectivity index (χ2n) is 8.28. The lowest BCUT2D eigenvalue weighted by atomic mass is 9.97. The lowest BCUT2D eigenvalue weighted by Gasteiger charge is -2.29. The molecule has 0 aliphatic carbocycles. The first-order valence-electron chi connectivity index (χ1n) is 11.2. The molecule has 0 N–H and O–H groups in total. The molecule has 1 saturated heterocycles. The van der Waals surface area contributed by atoms with Gasteiger partial charge in [-0.25, -0.2) is 8.78 Å². The van der Waals surface area contributed by atoms with E-state index in [1.807, 2.05) is 6.92 Å². The second kappa shape index (κ2) is 9.30. The first-order valence-corrected chi connectivity index (χ1v) is 11.9. The van der Waals surface area contributed by atoms with Crippen molar-refractivity contribution >= 4 is 29.1 Å². The van der Waals surface area contributed by atoms with Crippen molar-refractivity contribution < 1.29 is 27.8 Å². The van der Waals surface area contributed by atoms with Gasteiger partial charge in [-0.05, 0) is 68.3 Å². The van der Waals surface area contributed by atoms with E-state index >= 15 is 4.39 Å². The Morgan fingerprint density at radius 1 is 1.09 bits per heavy atom. The van der Waals surface area contributed by atoms with Crippen molar-refractivity contribution in [3.8, 4) is 11.5 Å². The van der Waals surface area contributed by atoms with Gasteiger partial charge in [0, 0.05) is 29.8 Å². The second-order valence-corrected chi connectivity index (χ2v) is 9.12. The van der Waals surface area contributed by atoms with E-state index in [-0.39, 0.29) is 22.1 Å². The van der Waals surface area contributed by atoms with Crippen molar-refractivity contribution in [1.29, 1.82) is 0 Å². The van der Waals surface area contributed by atoms with Crippen molar-refractivity contribution in [1.82, 2.24) is 4.90 Å². The zero-order chi connectivity index (χ0) is 24.7. The highest BCUT2D eigenvalue weighted by Crippen LogP contribution is 2.50. The van der Waals surface area contributed by atoms with Crippen LogP contribution >= 0.6 is 23.2 Å². The Morgan fingerprint density at radius 2 is 1.80 bits per heavy atom. The van der Waals surface area contributed by atoms with Crippen LogP contribution in [0.5, 0.6) is 11.5 Å². The summed E-state index contributed by atoms with van der Waals surface area (Å²) in [7, 11) is 0. The molecule has 3 aromatic carbocycles. The normalized spacial score (nSPS) is 20.9. The zero-order valence-electron chi connectivity index (χ0n) is 18.7. The lowest BCUT2D eigenvalue weighted by molar-refractivity contribution is -0.0459. The van der Waals surface area contributed by atoms with Gasteiger partial charge >= 0.3 is 5.79 Å². The van der Waals surface area contributed by atoms with Crippen LogP contribution in [0.2, 0.25) is 10.0 Å². The van der Waals surface area contributed by atoms with Gasteiger partial charge in [0.25, 0.3) is 5.91 Å². The molecule has 35 heavy (non-hydrogen) atoms. The third kappa shape index (κ3) is 4.22. The first kappa shape index (κ1) is 23.9. The van der Waals surface area contributed by atoms with Gasteiger partial charge in [-0.3, -0.25) is 4.79 Å². The van der Waals surface area contributed by atoms with E-state index in [0.29, 0.717) is 35.7 Å². The quantitative estimate of drug-likeness (QED) is 0.383. The number of ether oxygens (including phenoxy) is 3. The lowest BCUT2D eigenvalue weighted by Crippen LogP contribution is -2.37. The van der Waals surface area contributed by atoms with E-state index in [0.717, 1.165) is 12.5 Å². The van der Waals surface area contributed by atoms with Gasteiger partial charge in [-0.2, -0.15) is 0 Å². The number of rotatable bonds is 5. The Hall–Kier alpha value is -2.87. The summed E-state index contributed by atoms with van der Waals surface area (Å²) in [5.41, 5.74) is 0.648. The van der Waals surface area contributed by atoms with Crippen LogP contribution in [0.25, 0.3) is 0 Å². The molecule has 1 fully saturated rings. The summed E-state index contributed by atoms with van der Waals surface area (Å²) in [4.78, 5) is 14.7. The Balaban J connectivity index is 1.57. The highest BCUT2D eigenvalue weighted by molar-refractivity contribution is 6.35. The van der Waals surface area contributed by atoms with E-state index in [9.17, 15) is 9.18 Å². The molecule has 3 aromatic rings. The Labute approximate surface area is 211 Å². The maximum Gasteiger partial charge on any atom is 0.307 e. The van der Waals surface area contributed by atoms with Gasteiger partial charge in [0.05, 0.1) is 16.1 Å². The number of hydrogen-bond donors (Lipinski definition) is 0. The molecule has 0 aromatic heterocycles. The number of carbonyl (C=O) groups excluding carboxylic acids is 1. The number of halogens is 4. The first-order chi connectivity index (χ1) is 16.8. The Bertz CT molecular complexity index is 1290. The fourth-order valence-electron chi connectivity index (χ4n) is 4.49. The third-order valence-electron chi connectivity index (χ3n) is 6.10. The molecule has 0 saturated carbocycles. The number of benzene rings is 3. The molecule has 5 rings (SSSR count). The molecule has 9 heteroatoms. The molecule has 2 aliphatic heterocycles. The maximum atomic E-state index is 15.2. The van der Waals surface area contributed by atoms with Crippen molar-refractivity contribution in [3.05, 3.63) is 93.0 Å². The minimum absolute atomic E-state index is 0.0807. The molecule has 2 aliphatic rings. The summed E-state index contributed by atoms with van der Waals surface area (Å²) >= 11 is 12.6. The third-order valence-corrected chi connectivity index (χ3v) is 6.65. The summed E-state index contributed by atoms with van der Waals surface area (Å²) in [6.07, 6.45) is 1.06. The van der Waals surface area contributed by atoms with E-state index in [1.165, 1.54) is 41.3 Å². The van der Waals surface area contributed by atoms with E-state index < -0.39 is 29.6 Å². The van der Waals surface area contributed by atoms with Gasteiger partial charge in [-0.1, -0.05) is 23.2 Å². The number of carbonyl (C=O) groups is 1. The molecule has 0 bridgehead atoms. The van der Waals surface area contributed by atoms with Crippen molar-refractivity contribution in [3.63, 3.8) is 0 Å². The van der Waals surface area contributed by atoms with Crippen LogP contribution in [0.15, 0.2) is 54.6 Å². The van der Waals surface area contributed by atoms with E-state index in [4.69, 9.17) is 37.4 Å². The predicted octanol–water partition coefficient (Wildman–Crippen LogP) is 6.54. The van der Waals surface area contributed by atoms with Crippen LogP contribution in [-0.4, -0.2) is 30.2 Å². The fraction of sp³-hybridized carbons (Fsp3) is 0.269. The molecular weight excluding hydrogens is 499 g/mol. The smallest absolute Gasteiger partial charge is 0.307 e. The standard InChI is InChI=1S/C26H21Cl2F2NO4/c1-2-33-24-4-3-11-31(24)25(32)18-13-22-23(14-21(18)30)35-26(34-22,15-5-8-17(29)9-6-15)19-10-7-16(27)12-20(19)28/h5-10,12-14,24H,2-4,11H2,1H3. The highest BCUT2D eigenvalue weighted by Gasteiger charge is 2.48. The summed E-state index contributed by atoms with van der Waals surface area (Å²) < 4.78 is 47.0. The molecule has 2 unspecified atom stereocenters. The molecule has 2 atom stereocenters. The monoisotopic (exact) mass is 519 g/mol. The van der Waals surface area contributed by atoms with Gasteiger partial charge in [0.15, 0.2) is 11.5 Å². The zero-order valence-corrected chi connectivity index (χ0v) is 20.2. The van der Waals surface area contributed by atoms with E-state index in [2.05, 4.69) is 0 Å². The number of nitrogens with zero attached hydrogens (tertiary/aromatic N) is 1. The van der Waals surface area contributed by atoms with Crippen LogP contribution in [0.1, 0.15) is 41.3 Å². The molecule has 5 nitrogen and oxygen atoms in total. The summed E-state index contributed by atoms with van der Waals surface area (Å²) in [5, 5.41) is 0.639. The average Bonchev–Trinajstić information content (AvgIpc) is 3.43. The molecular formula is C26H21Cl2F2NO4. The van der Waals surface area contributed by atoms with Gasteiger partial charge in [0.2, 0.25) is 0 Å². The Morgan fingerprint density at radius 3 is 2.49 bits per heavy atom. The van der Waals surface area contributed by atoms with Gasteiger partial charge < -0.3 is 19.1 Å². The Kier molecular flexibility index (Phi) is 6.34. The summed E-state index contributed by atoms with van der Waals surface area (Å²) in [6.45, 7) is 2.76. The van der Waals surface area contributed by atoms with Crippen LogP contribution in [-0.2, 0) is 10.5 Å². The summed E-state index contributed by atoms with van der Waals surface area (Å²) in [5.74, 6) is -3.11. The minimum atomic E-state index is -1.65. The fourth-order valence-corrected chi connectivity index (χ4v) is 5.02. The topological polar surface area (TPSA) is 48.0 Å². The molecule has 0 radical (unpaired) electrons. The van der Waals surface area contributed by atoms with Gasteiger partial charge in [0.1, 0.15) is 17.9 Å². The predicted molar refractivity (Wildman–Crippen MR) is 127 cm³/mol. The number of likely N-dealkylation sites (tertiary alicyclic amines) is 1. The molecule has 2 heterocycles. The maximum absolute atomic E-state index is 15.2. The SMILES string of the molecule is CCOC1CCCN1C(=O)c1cc2c(cc1F)OC(c1ccc(F)cc1)(c1ccc(Cl)cc1Cl)O2. The van der Waals surface area contributed by atoms with Crippen molar-refractivity contribution in [2.24, 2.45) is 0 Å². The van der Waals surface area contributed by atoms with Crippen LogP contribution in [0.3, 0.4) is 0 Å². The number of hydrogen-bond acceptors (Lipinski definition) is 4. The average molecular weight is 520 g/mol. The van der Waals surface area contributed by atoms with Crippen LogP contribution < -0.4 is 9.47 Å². The van der Waals surface area contributed by atoms with Crippen LogP contribution in [0.4, 0.5) is 8.78 Å². The molecule has 182 valence electrons. The minimum Gasteiger partial charge on any atom is -0.440 e.